The Labute approximate surface area is 110 Å². The van der Waals surface area contributed by atoms with Gasteiger partial charge in [-0.05, 0) is 23.8 Å². The fraction of sp³-hybridized carbons (Fsp3) is 0. The SMILES string of the molecule is Nn1c2ccccc2n2cc(-c3ccccc3)cc12. The van der Waals surface area contributed by atoms with Crippen molar-refractivity contribution in [2.45, 2.75) is 0 Å². The van der Waals surface area contributed by atoms with E-state index in [0.717, 1.165) is 16.7 Å². The minimum Gasteiger partial charge on any atom is -0.337 e. The summed E-state index contributed by atoms with van der Waals surface area (Å²) in [4.78, 5) is 0. The van der Waals surface area contributed by atoms with Crippen molar-refractivity contribution in [2.75, 3.05) is 5.84 Å². The maximum Gasteiger partial charge on any atom is 0.137 e. The van der Waals surface area contributed by atoms with Gasteiger partial charge in [-0.2, -0.15) is 0 Å². The average Bonchev–Trinajstić information content (AvgIpc) is 3.01. The van der Waals surface area contributed by atoms with Gasteiger partial charge in [0, 0.05) is 11.8 Å². The van der Waals surface area contributed by atoms with Gasteiger partial charge in [-0.15, -0.1) is 0 Å². The predicted octanol–water partition coefficient (Wildman–Crippen LogP) is 3.27. The molecule has 0 fully saturated rings. The van der Waals surface area contributed by atoms with Crippen LogP contribution in [0.3, 0.4) is 0 Å². The molecule has 4 aromatic rings. The summed E-state index contributed by atoms with van der Waals surface area (Å²) in [5.41, 5.74) is 5.55. The molecule has 92 valence electrons. The summed E-state index contributed by atoms with van der Waals surface area (Å²) in [5.74, 6) is 6.16. The lowest BCUT2D eigenvalue weighted by Crippen LogP contribution is -2.06. The van der Waals surface area contributed by atoms with Gasteiger partial charge in [0.05, 0.1) is 11.0 Å². The molecule has 0 saturated heterocycles. The number of aromatic nitrogens is 2. The number of nitrogens with two attached hydrogens (primary N) is 1. The van der Waals surface area contributed by atoms with E-state index in [0.29, 0.717) is 0 Å². The summed E-state index contributed by atoms with van der Waals surface area (Å²) in [6.45, 7) is 0. The summed E-state index contributed by atoms with van der Waals surface area (Å²) in [5, 5.41) is 0. The van der Waals surface area contributed by atoms with Crippen molar-refractivity contribution in [3.8, 4) is 11.1 Å². The summed E-state index contributed by atoms with van der Waals surface area (Å²) >= 11 is 0. The zero-order chi connectivity index (χ0) is 12.8. The number of nitrogen functional groups attached to an aromatic ring is 1. The largest absolute Gasteiger partial charge is 0.337 e. The Morgan fingerprint density at radius 2 is 1.42 bits per heavy atom. The van der Waals surface area contributed by atoms with E-state index < -0.39 is 0 Å². The van der Waals surface area contributed by atoms with Gasteiger partial charge in [-0.25, -0.2) is 4.68 Å². The van der Waals surface area contributed by atoms with Crippen LogP contribution in [0.4, 0.5) is 0 Å². The van der Waals surface area contributed by atoms with E-state index in [4.69, 9.17) is 5.84 Å². The first-order valence-electron chi connectivity index (χ1n) is 6.26. The molecular weight excluding hydrogens is 234 g/mol. The third-order valence-electron chi connectivity index (χ3n) is 3.55. The van der Waals surface area contributed by atoms with Crippen molar-refractivity contribution >= 4 is 16.7 Å². The highest BCUT2D eigenvalue weighted by Gasteiger charge is 2.10. The molecule has 0 aliphatic rings. The smallest absolute Gasteiger partial charge is 0.137 e. The van der Waals surface area contributed by atoms with Gasteiger partial charge in [0.1, 0.15) is 5.65 Å². The number of fused-ring (bicyclic) bond motifs is 3. The van der Waals surface area contributed by atoms with Crippen LogP contribution in [0.15, 0.2) is 66.9 Å². The summed E-state index contributed by atoms with van der Waals surface area (Å²) in [6.07, 6.45) is 2.14. The molecule has 2 aromatic heterocycles. The molecule has 0 aliphatic carbocycles. The molecular formula is C16H13N3. The van der Waals surface area contributed by atoms with Gasteiger partial charge in [0.2, 0.25) is 0 Å². The molecule has 0 amide bonds. The molecule has 0 aliphatic heterocycles. The van der Waals surface area contributed by atoms with Crippen LogP contribution >= 0.6 is 0 Å². The molecule has 2 heterocycles. The van der Waals surface area contributed by atoms with E-state index in [1.165, 1.54) is 11.1 Å². The van der Waals surface area contributed by atoms with Gasteiger partial charge in [-0.3, -0.25) is 4.40 Å². The van der Waals surface area contributed by atoms with Crippen molar-refractivity contribution in [3.63, 3.8) is 0 Å². The Morgan fingerprint density at radius 3 is 2.21 bits per heavy atom. The molecule has 2 aromatic carbocycles. The number of nitrogens with zero attached hydrogens (tertiary/aromatic N) is 2. The first kappa shape index (κ1) is 10.3. The predicted molar refractivity (Wildman–Crippen MR) is 78.5 cm³/mol. The van der Waals surface area contributed by atoms with E-state index in [2.05, 4.69) is 34.9 Å². The van der Waals surface area contributed by atoms with Gasteiger partial charge >= 0.3 is 0 Å². The average molecular weight is 247 g/mol. The quantitative estimate of drug-likeness (QED) is 0.515. The molecule has 4 rings (SSSR count). The second-order valence-corrected chi connectivity index (χ2v) is 4.68. The van der Waals surface area contributed by atoms with Gasteiger partial charge in [-0.1, -0.05) is 42.5 Å². The third-order valence-corrected chi connectivity index (χ3v) is 3.55. The van der Waals surface area contributed by atoms with E-state index in [9.17, 15) is 0 Å². The Morgan fingerprint density at radius 1 is 0.737 bits per heavy atom. The molecule has 0 spiro atoms. The van der Waals surface area contributed by atoms with Crippen molar-refractivity contribution in [2.24, 2.45) is 0 Å². The maximum absolute atomic E-state index is 6.16. The molecule has 0 unspecified atom stereocenters. The van der Waals surface area contributed by atoms with E-state index in [1.54, 1.807) is 4.68 Å². The molecule has 3 nitrogen and oxygen atoms in total. The fourth-order valence-corrected chi connectivity index (χ4v) is 2.61. The maximum atomic E-state index is 6.16. The van der Waals surface area contributed by atoms with Gasteiger partial charge in [0.15, 0.2) is 0 Å². The number of rotatable bonds is 1. The Kier molecular flexibility index (Phi) is 1.97. The second kappa shape index (κ2) is 3.65. The van der Waals surface area contributed by atoms with Crippen LogP contribution < -0.4 is 5.84 Å². The van der Waals surface area contributed by atoms with E-state index in [1.807, 2.05) is 36.4 Å². The second-order valence-electron chi connectivity index (χ2n) is 4.68. The van der Waals surface area contributed by atoms with Crippen molar-refractivity contribution in [1.82, 2.24) is 9.08 Å². The summed E-state index contributed by atoms with van der Waals surface area (Å²) in [7, 11) is 0. The minimum absolute atomic E-state index is 1.00. The van der Waals surface area contributed by atoms with E-state index >= 15 is 0 Å². The highest BCUT2D eigenvalue weighted by molar-refractivity contribution is 5.84. The van der Waals surface area contributed by atoms with Crippen LogP contribution in [-0.4, -0.2) is 9.08 Å². The first-order chi connectivity index (χ1) is 9.34. The normalized spacial score (nSPS) is 11.4. The van der Waals surface area contributed by atoms with Crippen molar-refractivity contribution in [3.05, 3.63) is 66.9 Å². The van der Waals surface area contributed by atoms with Crippen LogP contribution in [-0.2, 0) is 0 Å². The molecule has 0 saturated carbocycles. The number of benzene rings is 2. The third kappa shape index (κ3) is 1.38. The van der Waals surface area contributed by atoms with Gasteiger partial charge < -0.3 is 5.84 Å². The molecule has 3 heteroatoms. The van der Waals surface area contributed by atoms with Crippen LogP contribution in [0.2, 0.25) is 0 Å². The summed E-state index contributed by atoms with van der Waals surface area (Å²) < 4.78 is 3.87. The van der Waals surface area contributed by atoms with E-state index in [-0.39, 0.29) is 0 Å². The molecule has 2 N–H and O–H groups in total. The minimum atomic E-state index is 1.00. The zero-order valence-corrected chi connectivity index (χ0v) is 10.3. The highest BCUT2D eigenvalue weighted by Crippen LogP contribution is 2.26. The first-order valence-corrected chi connectivity index (χ1v) is 6.26. The molecule has 0 atom stereocenters. The highest BCUT2D eigenvalue weighted by atomic mass is 15.3. The topological polar surface area (TPSA) is 35.4 Å². The number of imidazole rings is 1. The Hall–Kier alpha value is -2.68. The Balaban J connectivity index is 2.05. The summed E-state index contributed by atoms with van der Waals surface area (Å²) in [6, 6.07) is 20.6. The lowest BCUT2D eigenvalue weighted by atomic mass is 10.1. The van der Waals surface area contributed by atoms with Crippen LogP contribution in [0, 0.1) is 0 Å². The fourth-order valence-electron chi connectivity index (χ4n) is 2.61. The van der Waals surface area contributed by atoms with Crippen molar-refractivity contribution in [1.29, 1.82) is 0 Å². The van der Waals surface area contributed by atoms with Crippen LogP contribution in [0.25, 0.3) is 27.8 Å². The lowest BCUT2D eigenvalue weighted by molar-refractivity contribution is 1.09. The molecule has 19 heavy (non-hydrogen) atoms. The lowest BCUT2D eigenvalue weighted by Gasteiger charge is -1.97. The number of para-hydroxylation sites is 2. The number of hydrogen-bond donors (Lipinski definition) is 1. The Bertz CT molecular complexity index is 869. The zero-order valence-electron chi connectivity index (χ0n) is 10.3. The van der Waals surface area contributed by atoms with Gasteiger partial charge in [0.25, 0.3) is 0 Å². The van der Waals surface area contributed by atoms with Crippen LogP contribution in [0.1, 0.15) is 0 Å². The standard InChI is InChI=1S/C16H13N3/c17-19-15-9-5-4-8-14(15)18-11-13(10-16(18)19)12-6-2-1-3-7-12/h1-11H,17H2. The molecule has 0 bridgehead atoms. The monoisotopic (exact) mass is 247 g/mol. The number of hydrogen-bond acceptors (Lipinski definition) is 1. The molecule has 0 radical (unpaired) electrons. The van der Waals surface area contributed by atoms with Crippen LogP contribution in [0.5, 0.6) is 0 Å². The van der Waals surface area contributed by atoms with Crippen molar-refractivity contribution < 1.29 is 0 Å².